The molecule has 0 saturated heterocycles. The Hall–Kier alpha value is -4.21. The minimum Gasteiger partial charge on any atom is -0.496 e. The van der Waals surface area contributed by atoms with Crippen LogP contribution in [0.4, 0.5) is 5.13 Å². The SMILES string of the molecule is COc1ccccc1-c1cnncc1C(=O)Nc1nc2ccc(C(=O)c3ccc(Cl)cc3)nc2s1. The minimum atomic E-state index is -0.405. The monoisotopic (exact) mass is 501 g/mol. The molecule has 172 valence electrons. The van der Waals surface area contributed by atoms with E-state index in [1.807, 2.05) is 18.2 Å². The fourth-order valence-electron chi connectivity index (χ4n) is 3.49. The van der Waals surface area contributed by atoms with Crippen molar-refractivity contribution < 1.29 is 14.3 Å². The zero-order valence-corrected chi connectivity index (χ0v) is 19.8. The van der Waals surface area contributed by atoms with Crippen molar-refractivity contribution in [3.8, 4) is 16.9 Å². The molecule has 0 radical (unpaired) electrons. The molecular weight excluding hydrogens is 486 g/mol. The predicted molar refractivity (Wildman–Crippen MR) is 134 cm³/mol. The van der Waals surface area contributed by atoms with Gasteiger partial charge in [-0.05, 0) is 42.5 Å². The molecule has 1 N–H and O–H groups in total. The number of amides is 1. The van der Waals surface area contributed by atoms with Gasteiger partial charge in [0.1, 0.15) is 21.8 Å². The summed E-state index contributed by atoms with van der Waals surface area (Å²) in [7, 11) is 1.56. The Kier molecular flexibility index (Phi) is 6.17. The van der Waals surface area contributed by atoms with Gasteiger partial charge >= 0.3 is 0 Å². The van der Waals surface area contributed by atoms with Crippen molar-refractivity contribution in [1.82, 2.24) is 20.2 Å². The van der Waals surface area contributed by atoms with Crippen LogP contribution in [-0.4, -0.2) is 39.0 Å². The number of aromatic nitrogens is 4. The van der Waals surface area contributed by atoms with Crippen LogP contribution in [-0.2, 0) is 0 Å². The number of thiazole rings is 1. The van der Waals surface area contributed by atoms with Crippen LogP contribution < -0.4 is 10.1 Å². The number of fused-ring (bicyclic) bond motifs is 1. The van der Waals surface area contributed by atoms with Crippen molar-refractivity contribution >= 4 is 50.1 Å². The lowest BCUT2D eigenvalue weighted by Gasteiger charge is -2.11. The number of benzene rings is 2. The summed E-state index contributed by atoms with van der Waals surface area (Å²) in [6.07, 6.45) is 2.91. The Morgan fingerprint density at radius 2 is 1.69 bits per heavy atom. The van der Waals surface area contributed by atoms with E-state index in [1.54, 1.807) is 49.6 Å². The van der Waals surface area contributed by atoms with Crippen LogP contribution in [0, 0.1) is 0 Å². The first-order valence-corrected chi connectivity index (χ1v) is 11.6. The highest BCUT2D eigenvalue weighted by Crippen LogP contribution is 2.32. The molecule has 3 aromatic heterocycles. The van der Waals surface area contributed by atoms with Crippen LogP contribution in [0.3, 0.4) is 0 Å². The van der Waals surface area contributed by atoms with Gasteiger partial charge in [-0.3, -0.25) is 14.9 Å². The lowest BCUT2D eigenvalue weighted by molar-refractivity contribution is 0.102. The fraction of sp³-hybridized carbons (Fsp3) is 0.0400. The number of hydrogen-bond acceptors (Lipinski definition) is 8. The van der Waals surface area contributed by atoms with E-state index in [9.17, 15) is 9.59 Å². The number of anilines is 1. The van der Waals surface area contributed by atoms with Crippen LogP contribution in [0.1, 0.15) is 26.4 Å². The third kappa shape index (κ3) is 4.59. The number of ether oxygens (including phenoxy) is 1. The number of hydrogen-bond donors (Lipinski definition) is 1. The molecule has 5 aromatic rings. The van der Waals surface area contributed by atoms with Gasteiger partial charge in [0, 0.05) is 21.7 Å². The third-order valence-electron chi connectivity index (χ3n) is 5.19. The van der Waals surface area contributed by atoms with E-state index in [1.165, 1.54) is 23.7 Å². The second-order valence-corrected chi connectivity index (χ2v) is 8.76. The van der Waals surface area contributed by atoms with Gasteiger partial charge in [-0.2, -0.15) is 10.2 Å². The van der Waals surface area contributed by atoms with E-state index >= 15 is 0 Å². The average Bonchev–Trinajstić information content (AvgIpc) is 3.30. The molecule has 2 aromatic carbocycles. The summed E-state index contributed by atoms with van der Waals surface area (Å²) >= 11 is 7.08. The molecule has 0 aliphatic heterocycles. The van der Waals surface area contributed by atoms with Crippen molar-refractivity contribution in [1.29, 1.82) is 0 Å². The molecule has 35 heavy (non-hydrogen) atoms. The Morgan fingerprint density at radius 3 is 2.49 bits per heavy atom. The molecule has 0 aliphatic carbocycles. The van der Waals surface area contributed by atoms with Crippen LogP contribution in [0.15, 0.2) is 73.1 Å². The van der Waals surface area contributed by atoms with Crippen LogP contribution in [0.25, 0.3) is 21.5 Å². The molecule has 1 amide bonds. The summed E-state index contributed by atoms with van der Waals surface area (Å²) in [4.78, 5) is 35.3. The van der Waals surface area contributed by atoms with Gasteiger partial charge in [-0.25, -0.2) is 9.97 Å². The number of methoxy groups -OCH3 is 1. The van der Waals surface area contributed by atoms with E-state index in [2.05, 4.69) is 25.5 Å². The highest BCUT2D eigenvalue weighted by molar-refractivity contribution is 7.22. The number of ketones is 1. The summed E-state index contributed by atoms with van der Waals surface area (Å²) in [5.41, 5.74) is 2.92. The molecular formula is C25H16ClN5O3S. The molecule has 0 spiro atoms. The van der Waals surface area contributed by atoms with Gasteiger partial charge in [0.15, 0.2) is 5.13 Å². The van der Waals surface area contributed by atoms with Gasteiger partial charge in [-0.15, -0.1) is 0 Å². The molecule has 8 nitrogen and oxygen atoms in total. The highest BCUT2D eigenvalue weighted by Gasteiger charge is 2.19. The van der Waals surface area contributed by atoms with Gasteiger partial charge < -0.3 is 4.74 Å². The number of nitrogens with zero attached hydrogens (tertiary/aromatic N) is 4. The number of pyridine rings is 1. The number of para-hydroxylation sites is 1. The first kappa shape index (κ1) is 22.6. The molecule has 5 rings (SSSR count). The number of rotatable bonds is 6. The van der Waals surface area contributed by atoms with Gasteiger partial charge in [0.05, 0.1) is 25.1 Å². The van der Waals surface area contributed by atoms with Gasteiger partial charge in [0.2, 0.25) is 5.78 Å². The second kappa shape index (κ2) is 9.57. The standard InChI is InChI=1S/C25H16ClN5O3S/c1-34-21-5-3-2-4-16(21)17-12-27-28-13-18(17)23(33)31-25-30-20-11-10-19(29-24(20)35-25)22(32)14-6-8-15(26)9-7-14/h2-13H,1H3,(H,30,31,33). The largest absolute Gasteiger partial charge is 0.496 e. The smallest absolute Gasteiger partial charge is 0.259 e. The molecule has 0 fully saturated rings. The molecule has 3 heterocycles. The fourth-order valence-corrected chi connectivity index (χ4v) is 4.45. The number of carbonyl (C=O) groups excluding carboxylic acids is 2. The summed E-state index contributed by atoms with van der Waals surface area (Å²) in [5.74, 6) is -0.0270. The Morgan fingerprint density at radius 1 is 0.914 bits per heavy atom. The van der Waals surface area contributed by atoms with Crippen molar-refractivity contribution in [2.24, 2.45) is 0 Å². The maximum atomic E-state index is 13.1. The summed E-state index contributed by atoms with van der Waals surface area (Å²) in [6, 6.07) is 17.3. The number of carbonyl (C=O) groups is 2. The van der Waals surface area contributed by atoms with E-state index in [0.717, 1.165) is 0 Å². The van der Waals surface area contributed by atoms with Crippen molar-refractivity contribution in [2.75, 3.05) is 12.4 Å². The van der Waals surface area contributed by atoms with Crippen molar-refractivity contribution in [2.45, 2.75) is 0 Å². The first-order chi connectivity index (χ1) is 17.0. The maximum Gasteiger partial charge on any atom is 0.259 e. The highest BCUT2D eigenvalue weighted by atomic mass is 35.5. The van der Waals surface area contributed by atoms with E-state index in [4.69, 9.17) is 16.3 Å². The van der Waals surface area contributed by atoms with Crippen LogP contribution in [0.2, 0.25) is 5.02 Å². The Labute approximate surface area is 208 Å². The average molecular weight is 502 g/mol. The topological polar surface area (TPSA) is 107 Å². The Balaban J connectivity index is 1.42. The summed E-state index contributed by atoms with van der Waals surface area (Å²) < 4.78 is 5.43. The minimum absolute atomic E-state index is 0.230. The van der Waals surface area contributed by atoms with Crippen LogP contribution >= 0.6 is 22.9 Å². The van der Waals surface area contributed by atoms with E-state index in [0.29, 0.717) is 48.5 Å². The second-order valence-electron chi connectivity index (χ2n) is 7.35. The molecule has 10 heteroatoms. The molecule has 0 atom stereocenters. The van der Waals surface area contributed by atoms with Gasteiger partial charge in [0.25, 0.3) is 5.91 Å². The molecule has 0 bridgehead atoms. The number of halogens is 1. The quantitative estimate of drug-likeness (QED) is 0.315. The summed E-state index contributed by atoms with van der Waals surface area (Å²) in [6.45, 7) is 0. The lowest BCUT2D eigenvalue weighted by Crippen LogP contribution is -2.14. The zero-order chi connectivity index (χ0) is 24.4. The normalized spacial score (nSPS) is 10.8. The molecule has 0 unspecified atom stereocenters. The third-order valence-corrected chi connectivity index (χ3v) is 6.32. The van der Waals surface area contributed by atoms with Crippen molar-refractivity contribution in [3.63, 3.8) is 0 Å². The predicted octanol–water partition coefficient (Wildman–Crippen LogP) is 5.29. The first-order valence-electron chi connectivity index (χ1n) is 10.4. The Bertz CT molecular complexity index is 1570. The lowest BCUT2D eigenvalue weighted by atomic mass is 10.0. The van der Waals surface area contributed by atoms with Crippen molar-refractivity contribution in [3.05, 3.63) is 94.9 Å². The van der Waals surface area contributed by atoms with Gasteiger partial charge in [-0.1, -0.05) is 41.1 Å². The zero-order valence-electron chi connectivity index (χ0n) is 18.2. The van der Waals surface area contributed by atoms with E-state index < -0.39 is 5.91 Å². The van der Waals surface area contributed by atoms with Crippen LogP contribution in [0.5, 0.6) is 5.75 Å². The maximum absolute atomic E-state index is 13.1. The summed E-state index contributed by atoms with van der Waals surface area (Å²) in [5, 5.41) is 11.5. The molecule has 0 saturated carbocycles. The number of nitrogens with one attached hydrogen (secondary N) is 1. The molecule has 0 aliphatic rings. The van der Waals surface area contributed by atoms with E-state index in [-0.39, 0.29) is 11.5 Å².